The van der Waals surface area contributed by atoms with Crippen molar-refractivity contribution < 1.29 is 17.6 Å². The van der Waals surface area contributed by atoms with Crippen LogP contribution in [-0.4, -0.2) is 0 Å². The third kappa shape index (κ3) is 7.27. The van der Waals surface area contributed by atoms with Gasteiger partial charge in [0.05, 0.1) is 0 Å². The molecule has 0 aromatic heterocycles. The standard InChI is InChI=1S/C39H46F4/c1-3-5-6-7-8-9-32-22-23-33(37(41)36(32)40)30-18-20-31(21-19-30)35-25-24-34(38(42)39(35)43)29-16-14-28(15-17-29)27-12-10-26(4-2)11-13-27/h4,18-29H,2-3,5-17H2,1H3. The van der Waals surface area contributed by atoms with Crippen molar-refractivity contribution in [3.63, 3.8) is 0 Å². The maximum atomic E-state index is 15.4. The Morgan fingerprint density at radius 3 is 1.72 bits per heavy atom. The molecule has 0 aliphatic heterocycles. The zero-order chi connectivity index (χ0) is 30.3. The molecule has 3 aromatic rings. The van der Waals surface area contributed by atoms with Crippen molar-refractivity contribution in [1.82, 2.24) is 0 Å². The Bertz CT molecular complexity index is 1360. The first-order chi connectivity index (χ1) is 20.9. The molecule has 2 aliphatic rings. The van der Waals surface area contributed by atoms with Gasteiger partial charge in [-0.15, -0.1) is 6.58 Å². The van der Waals surface area contributed by atoms with Crippen molar-refractivity contribution in [3.8, 4) is 22.3 Å². The fourth-order valence-corrected chi connectivity index (χ4v) is 7.61. The maximum absolute atomic E-state index is 15.4. The van der Waals surface area contributed by atoms with Gasteiger partial charge in [0, 0.05) is 11.1 Å². The fourth-order valence-electron chi connectivity index (χ4n) is 7.61. The van der Waals surface area contributed by atoms with Crippen LogP contribution in [0.4, 0.5) is 17.6 Å². The Balaban J connectivity index is 1.23. The quantitative estimate of drug-likeness (QED) is 0.118. The first-order valence-electron chi connectivity index (χ1n) is 16.6. The SMILES string of the molecule is C=CC1CCC(C2CCC(c3ccc(-c4ccc(-c5ccc(CCCCCCC)c(F)c5F)cc4)c(F)c3F)CC2)CC1. The van der Waals surface area contributed by atoms with E-state index in [1.807, 2.05) is 0 Å². The molecule has 0 unspecified atom stereocenters. The number of allylic oxidation sites excluding steroid dienone is 1. The van der Waals surface area contributed by atoms with Crippen molar-refractivity contribution >= 4 is 0 Å². The van der Waals surface area contributed by atoms with E-state index in [2.05, 4.69) is 19.6 Å². The average molecular weight is 591 g/mol. The monoisotopic (exact) mass is 590 g/mol. The van der Waals surface area contributed by atoms with Gasteiger partial charge in [-0.05, 0) is 110 Å². The van der Waals surface area contributed by atoms with E-state index in [1.165, 1.54) is 25.7 Å². The summed E-state index contributed by atoms with van der Waals surface area (Å²) in [4.78, 5) is 0. The Labute approximate surface area is 255 Å². The highest BCUT2D eigenvalue weighted by molar-refractivity contribution is 5.71. The minimum absolute atomic E-state index is 0.0453. The molecule has 5 rings (SSSR count). The molecule has 43 heavy (non-hydrogen) atoms. The van der Waals surface area contributed by atoms with Crippen LogP contribution in [0.15, 0.2) is 61.2 Å². The van der Waals surface area contributed by atoms with E-state index in [-0.39, 0.29) is 17.0 Å². The zero-order valence-corrected chi connectivity index (χ0v) is 25.6. The Morgan fingerprint density at radius 2 is 1.14 bits per heavy atom. The van der Waals surface area contributed by atoms with Crippen LogP contribution in [-0.2, 0) is 6.42 Å². The number of rotatable bonds is 11. The predicted octanol–water partition coefficient (Wildman–Crippen LogP) is 12.4. The van der Waals surface area contributed by atoms with Crippen LogP contribution >= 0.6 is 0 Å². The minimum atomic E-state index is -0.862. The van der Waals surface area contributed by atoms with Crippen molar-refractivity contribution in [3.05, 3.63) is 95.6 Å². The summed E-state index contributed by atoms with van der Waals surface area (Å²) in [6.07, 6.45) is 16.8. The molecule has 0 bridgehead atoms. The minimum Gasteiger partial charge on any atom is -0.203 e. The van der Waals surface area contributed by atoms with Crippen LogP contribution < -0.4 is 0 Å². The van der Waals surface area contributed by atoms with E-state index in [0.717, 1.165) is 63.7 Å². The molecule has 0 radical (unpaired) electrons. The normalized spacial score (nSPS) is 22.4. The summed E-state index contributed by atoms with van der Waals surface area (Å²) in [5, 5.41) is 0. The molecule has 0 heterocycles. The summed E-state index contributed by atoms with van der Waals surface area (Å²) in [7, 11) is 0. The number of aryl methyl sites for hydroxylation is 1. The van der Waals surface area contributed by atoms with Gasteiger partial charge in [-0.1, -0.05) is 87.2 Å². The van der Waals surface area contributed by atoms with E-state index in [4.69, 9.17) is 0 Å². The van der Waals surface area contributed by atoms with Crippen LogP contribution in [0.25, 0.3) is 22.3 Å². The van der Waals surface area contributed by atoms with Crippen LogP contribution in [0, 0.1) is 41.0 Å². The Morgan fingerprint density at radius 1 is 0.605 bits per heavy atom. The number of hydrogen-bond acceptors (Lipinski definition) is 0. The highest BCUT2D eigenvalue weighted by atomic mass is 19.2. The second-order valence-electron chi connectivity index (χ2n) is 13.0. The molecule has 0 saturated heterocycles. The van der Waals surface area contributed by atoms with Gasteiger partial charge in [-0.2, -0.15) is 0 Å². The van der Waals surface area contributed by atoms with E-state index < -0.39 is 23.3 Å². The molecule has 0 N–H and O–H groups in total. The summed E-state index contributed by atoms with van der Waals surface area (Å²) in [6, 6.07) is 13.3. The number of hydrogen-bond donors (Lipinski definition) is 0. The molecule has 0 nitrogen and oxygen atoms in total. The van der Waals surface area contributed by atoms with Gasteiger partial charge in [-0.25, -0.2) is 17.6 Å². The second-order valence-corrected chi connectivity index (χ2v) is 13.0. The molecular weight excluding hydrogens is 544 g/mol. The third-order valence-electron chi connectivity index (χ3n) is 10.4. The summed E-state index contributed by atoms with van der Waals surface area (Å²) in [5.74, 6) is -1.10. The molecule has 0 atom stereocenters. The lowest BCUT2D eigenvalue weighted by Crippen LogP contribution is -2.25. The molecule has 0 amide bonds. The van der Waals surface area contributed by atoms with Crippen molar-refractivity contribution in [2.24, 2.45) is 17.8 Å². The highest BCUT2D eigenvalue weighted by Gasteiger charge is 2.32. The van der Waals surface area contributed by atoms with Crippen molar-refractivity contribution in [2.45, 2.75) is 103 Å². The summed E-state index contributed by atoms with van der Waals surface area (Å²) >= 11 is 0. The number of halogens is 4. The second kappa shape index (κ2) is 14.7. The van der Waals surface area contributed by atoms with Gasteiger partial charge in [0.1, 0.15) is 0 Å². The molecule has 2 saturated carbocycles. The first-order valence-corrected chi connectivity index (χ1v) is 16.6. The molecule has 3 aromatic carbocycles. The molecule has 2 aliphatic carbocycles. The summed E-state index contributed by atoms with van der Waals surface area (Å²) < 4.78 is 60.7. The summed E-state index contributed by atoms with van der Waals surface area (Å²) in [5.41, 5.74) is 2.25. The molecule has 2 fully saturated rings. The Hall–Kier alpha value is -2.88. The lowest BCUT2D eigenvalue weighted by molar-refractivity contribution is 0.171. The van der Waals surface area contributed by atoms with Crippen LogP contribution in [0.5, 0.6) is 0 Å². The van der Waals surface area contributed by atoms with Gasteiger partial charge in [0.25, 0.3) is 0 Å². The van der Waals surface area contributed by atoms with Gasteiger partial charge in [0.2, 0.25) is 0 Å². The lowest BCUT2D eigenvalue weighted by Gasteiger charge is -2.37. The fraction of sp³-hybridized carbons (Fsp3) is 0.487. The zero-order valence-electron chi connectivity index (χ0n) is 25.6. The van der Waals surface area contributed by atoms with Gasteiger partial charge >= 0.3 is 0 Å². The van der Waals surface area contributed by atoms with Crippen LogP contribution in [0.1, 0.15) is 107 Å². The van der Waals surface area contributed by atoms with E-state index >= 15 is 13.2 Å². The number of benzene rings is 3. The molecule has 4 heteroatoms. The van der Waals surface area contributed by atoms with Gasteiger partial charge in [-0.3, -0.25) is 0 Å². The predicted molar refractivity (Wildman–Crippen MR) is 170 cm³/mol. The lowest BCUT2D eigenvalue weighted by atomic mass is 9.68. The average Bonchev–Trinajstić information content (AvgIpc) is 3.04. The third-order valence-corrected chi connectivity index (χ3v) is 10.4. The van der Waals surface area contributed by atoms with E-state index in [0.29, 0.717) is 40.5 Å². The first kappa shape index (κ1) is 31.5. The highest BCUT2D eigenvalue weighted by Crippen LogP contribution is 2.45. The Kier molecular flexibility index (Phi) is 10.8. The molecule has 0 spiro atoms. The van der Waals surface area contributed by atoms with Gasteiger partial charge in [0.15, 0.2) is 23.3 Å². The van der Waals surface area contributed by atoms with E-state index in [1.54, 1.807) is 48.5 Å². The largest absolute Gasteiger partial charge is 0.203 e. The smallest absolute Gasteiger partial charge is 0.166 e. The van der Waals surface area contributed by atoms with Crippen molar-refractivity contribution in [2.75, 3.05) is 0 Å². The van der Waals surface area contributed by atoms with E-state index in [9.17, 15) is 4.39 Å². The number of unbranched alkanes of at least 4 members (excludes halogenated alkanes) is 4. The van der Waals surface area contributed by atoms with Crippen molar-refractivity contribution in [1.29, 1.82) is 0 Å². The molecule has 230 valence electrons. The maximum Gasteiger partial charge on any atom is 0.166 e. The molecular formula is C39H46F4. The van der Waals surface area contributed by atoms with Gasteiger partial charge < -0.3 is 0 Å². The van der Waals surface area contributed by atoms with Crippen LogP contribution in [0.3, 0.4) is 0 Å². The topological polar surface area (TPSA) is 0 Å². The van der Waals surface area contributed by atoms with Crippen LogP contribution in [0.2, 0.25) is 0 Å². The summed E-state index contributed by atoms with van der Waals surface area (Å²) in [6.45, 7) is 6.10.